The van der Waals surface area contributed by atoms with Crippen LogP contribution in [0.25, 0.3) is 0 Å². The third kappa shape index (κ3) is 5.47. The Hall–Kier alpha value is -2.82. The molecule has 2 aromatic rings. The molecular formula is C18H20N2O3. The van der Waals surface area contributed by atoms with E-state index in [1.807, 2.05) is 36.4 Å². The maximum Gasteiger partial charge on any atom is 0.224 e. The van der Waals surface area contributed by atoms with E-state index in [1.165, 1.54) is 6.92 Å². The number of rotatable bonds is 6. The molecule has 2 aromatic carbocycles. The number of hydrogen-bond donors (Lipinski definition) is 2. The number of amides is 2. The van der Waals surface area contributed by atoms with Gasteiger partial charge in [-0.3, -0.25) is 9.59 Å². The highest BCUT2D eigenvalue weighted by molar-refractivity contribution is 5.88. The zero-order chi connectivity index (χ0) is 16.7. The van der Waals surface area contributed by atoms with Gasteiger partial charge in [0.1, 0.15) is 5.75 Å². The van der Waals surface area contributed by atoms with E-state index in [-0.39, 0.29) is 11.8 Å². The first-order chi connectivity index (χ1) is 11.1. The van der Waals surface area contributed by atoms with Crippen molar-refractivity contribution in [1.82, 2.24) is 5.32 Å². The first-order valence-electron chi connectivity index (χ1n) is 7.33. The summed E-state index contributed by atoms with van der Waals surface area (Å²) in [4.78, 5) is 22.9. The van der Waals surface area contributed by atoms with Crippen molar-refractivity contribution >= 4 is 17.5 Å². The van der Waals surface area contributed by atoms with E-state index in [0.717, 1.165) is 22.6 Å². The third-order valence-corrected chi connectivity index (χ3v) is 3.26. The number of carbonyl (C=O) groups is 2. The largest absolute Gasteiger partial charge is 0.497 e. The predicted molar refractivity (Wildman–Crippen MR) is 89.3 cm³/mol. The lowest BCUT2D eigenvalue weighted by atomic mass is 10.1. The first-order valence-corrected chi connectivity index (χ1v) is 7.33. The van der Waals surface area contributed by atoms with E-state index >= 15 is 0 Å². The molecule has 2 N–H and O–H groups in total. The van der Waals surface area contributed by atoms with Gasteiger partial charge in [0.2, 0.25) is 11.8 Å². The topological polar surface area (TPSA) is 67.4 Å². The van der Waals surface area contributed by atoms with Crippen molar-refractivity contribution in [3.8, 4) is 5.75 Å². The van der Waals surface area contributed by atoms with Gasteiger partial charge in [-0.05, 0) is 35.4 Å². The van der Waals surface area contributed by atoms with Crippen molar-refractivity contribution in [2.45, 2.75) is 19.9 Å². The third-order valence-electron chi connectivity index (χ3n) is 3.26. The van der Waals surface area contributed by atoms with Gasteiger partial charge < -0.3 is 15.4 Å². The summed E-state index contributed by atoms with van der Waals surface area (Å²) in [5.74, 6) is 0.596. The van der Waals surface area contributed by atoms with Crippen molar-refractivity contribution in [2.24, 2.45) is 0 Å². The van der Waals surface area contributed by atoms with Gasteiger partial charge >= 0.3 is 0 Å². The van der Waals surface area contributed by atoms with Gasteiger partial charge in [0.25, 0.3) is 0 Å². The average Bonchev–Trinajstić information content (AvgIpc) is 2.54. The fourth-order valence-electron chi connectivity index (χ4n) is 2.14. The molecule has 2 rings (SSSR count). The van der Waals surface area contributed by atoms with Crippen LogP contribution in [0.4, 0.5) is 5.69 Å². The Morgan fingerprint density at radius 2 is 1.78 bits per heavy atom. The second-order valence-electron chi connectivity index (χ2n) is 5.18. The number of anilines is 1. The van der Waals surface area contributed by atoms with Crippen LogP contribution < -0.4 is 15.4 Å². The minimum atomic E-state index is -0.117. The van der Waals surface area contributed by atoms with E-state index in [4.69, 9.17) is 4.74 Å². The van der Waals surface area contributed by atoms with Crippen LogP contribution in [-0.4, -0.2) is 18.9 Å². The van der Waals surface area contributed by atoms with Crippen LogP contribution in [0.3, 0.4) is 0 Å². The number of nitrogens with one attached hydrogen (secondary N) is 2. The molecule has 0 radical (unpaired) electrons. The Balaban J connectivity index is 1.85. The molecule has 0 aliphatic carbocycles. The lowest BCUT2D eigenvalue weighted by Gasteiger charge is -2.08. The molecule has 0 aliphatic heterocycles. The molecule has 0 heterocycles. The normalized spacial score (nSPS) is 10.0. The smallest absolute Gasteiger partial charge is 0.224 e. The minimum Gasteiger partial charge on any atom is -0.497 e. The summed E-state index contributed by atoms with van der Waals surface area (Å²) in [6, 6.07) is 14.8. The van der Waals surface area contributed by atoms with E-state index in [2.05, 4.69) is 10.6 Å². The molecular weight excluding hydrogens is 292 g/mol. The van der Waals surface area contributed by atoms with E-state index in [1.54, 1.807) is 19.2 Å². The summed E-state index contributed by atoms with van der Waals surface area (Å²) in [5.41, 5.74) is 2.60. The van der Waals surface area contributed by atoms with E-state index in [0.29, 0.717) is 13.0 Å². The highest BCUT2D eigenvalue weighted by atomic mass is 16.5. The molecule has 23 heavy (non-hydrogen) atoms. The quantitative estimate of drug-likeness (QED) is 0.861. The van der Waals surface area contributed by atoms with Crippen LogP contribution in [0.2, 0.25) is 0 Å². The van der Waals surface area contributed by atoms with Crippen molar-refractivity contribution in [3.63, 3.8) is 0 Å². The van der Waals surface area contributed by atoms with Gasteiger partial charge in [0.05, 0.1) is 13.5 Å². The van der Waals surface area contributed by atoms with Crippen LogP contribution in [0.15, 0.2) is 48.5 Å². The Bertz CT molecular complexity index is 681. The van der Waals surface area contributed by atoms with Gasteiger partial charge in [-0.15, -0.1) is 0 Å². The number of benzene rings is 2. The van der Waals surface area contributed by atoms with Gasteiger partial charge in [-0.2, -0.15) is 0 Å². The standard InChI is InChI=1S/C18H20N2O3/c1-13(21)20-16-8-6-14(7-9-16)11-18(22)19-12-15-4-3-5-17(10-15)23-2/h3-10H,11-12H2,1-2H3,(H,19,22)(H,20,21). The molecule has 5 nitrogen and oxygen atoms in total. The fourth-order valence-corrected chi connectivity index (χ4v) is 2.14. The number of methoxy groups -OCH3 is 1. The molecule has 120 valence electrons. The average molecular weight is 312 g/mol. The molecule has 0 atom stereocenters. The van der Waals surface area contributed by atoms with Crippen LogP contribution in [0.5, 0.6) is 5.75 Å². The summed E-state index contributed by atoms with van der Waals surface area (Å²) in [6.45, 7) is 1.92. The van der Waals surface area contributed by atoms with Gasteiger partial charge in [0, 0.05) is 19.2 Å². The summed E-state index contributed by atoms with van der Waals surface area (Å²) < 4.78 is 5.15. The molecule has 0 saturated heterocycles. The summed E-state index contributed by atoms with van der Waals surface area (Å²) in [5, 5.41) is 5.57. The monoisotopic (exact) mass is 312 g/mol. The van der Waals surface area contributed by atoms with Gasteiger partial charge in [-0.25, -0.2) is 0 Å². The molecule has 0 fully saturated rings. The van der Waals surface area contributed by atoms with Crippen molar-refractivity contribution in [2.75, 3.05) is 12.4 Å². The number of ether oxygens (including phenoxy) is 1. The summed E-state index contributed by atoms with van der Waals surface area (Å²) >= 11 is 0. The van der Waals surface area contributed by atoms with E-state index in [9.17, 15) is 9.59 Å². The molecule has 0 aromatic heterocycles. The van der Waals surface area contributed by atoms with Crippen LogP contribution >= 0.6 is 0 Å². The fraction of sp³-hybridized carbons (Fsp3) is 0.222. The van der Waals surface area contributed by atoms with Crippen LogP contribution in [0.1, 0.15) is 18.1 Å². The first kappa shape index (κ1) is 16.5. The van der Waals surface area contributed by atoms with Crippen molar-refractivity contribution < 1.29 is 14.3 Å². The number of hydrogen-bond acceptors (Lipinski definition) is 3. The van der Waals surface area contributed by atoms with Gasteiger partial charge in [-0.1, -0.05) is 24.3 Å². The number of carbonyl (C=O) groups excluding carboxylic acids is 2. The van der Waals surface area contributed by atoms with E-state index < -0.39 is 0 Å². The Labute approximate surface area is 135 Å². The second-order valence-corrected chi connectivity index (χ2v) is 5.18. The highest BCUT2D eigenvalue weighted by Crippen LogP contribution is 2.13. The maximum atomic E-state index is 12.0. The maximum absolute atomic E-state index is 12.0. The summed E-state index contributed by atoms with van der Waals surface area (Å²) in [6.07, 6.45) is 0.296. The minimum absolute atomic E-state index is 0.0555. The van der Waals surface area contributed by atoms with Crippen molar-refractivity contribution in [3.05, 3.63) is 59.7 Å². The Kier molecular flexibility index (Phi) is 5.74. The van der Waals surface area contributed by atoms with Crippen LogP contribution in [-0.2, 0) is 22.6 Å². The Morgan fingerprint density at radius 1 is 1.04 bits per heavy atom. The zero-order valence-electron chi connectivity index (χ0n) is 13.3. The second kappa shape index (κ2) is 7.98. The molecule has 0 bridgehead atoms. The molecule has 0 spiro atoms. The summed E-state index contributed by atoms with van der Waals surface area (Å²) in [7, 11) is 1.61. The lowest BCUT2D eigenvalue weighted by molar-refractivity contribution is -0.120. The predicted octanol–water partition coefficient (Wildman–Crippen LogP) is 2.51. The van der Waals surface area contributed by atoms with Crippen molar-refractivity contribution in [1.29, 1.82) is 0 Å². The van der Waals surface area contributed by atoms with Gasteiger partial charge in [0.15, 0.2) is 0 Å². The highest BCUT2D eigenvalue weighted by Gasteiger charge is 2.04. The molecule has 0 saturated carbocycles. The molecule has 0 aliphatic rings. The zero-order valence-corrected chi connectivity index (χ0v) is 13.3. The lowest BCUT2D eigenvalue weighted by Crippen LogP contribution is -2.24. The molecule has 2 amide bonds. The molecule has 5 heteroatoms. The SMILES string of the molecule is COc1cccc(CNC(=O)Cc2ccc(NC(C)=O)cc2)c1. The molecule has 0 unspecified atom stereocenters. The van der Waals surface area contributed by atoms with Crippen LogP contribution in [0, 0.1) is 0 Å². The Morgan fingerprint density at radius 3 is 2.43 bits per heavy atom.